The molecule has 0 bridgehead atoms. The van der Waals surface area contributed by atoms with E-state index in [1.165, 1.54) is 36.0 Å². The van der Waals surface area contributed by atoms with Gasteiger partial charge in [-0.05, 0) is 92.9 Å². The number of nitrogens with zero attached hydrogens (tertiary/aromatic N) is 1. The number of hydrogen-bond donors (Lipinski definition) is 1. The Morgan fingerprint density at radius 2 is 2.00 bits per heavy atom. The second-order valence-corrected chi connectivity index (χ2v) is 10.5. The third kappa shape index (κ3) is 1.81. The largest absolute Gasteiger partial charge is 0.320 e. The molecule has 28 heavy (non-hydrogen) atoms. The molecule has 2 N–H and O–H groups in total. The monoisotopic (exact) mass is 376 g/mol. The third-order valence-corrected chi connectivity index (χ3v) is 9.33. The van der Waals surface area contributed by atoms with E-state index in [4.69, 9.17) is 5.73 Å². The van der Waals surface area contributed by atoms with Crippen molar-refractivity contribution in [2.45, 2.75) is 71.4 Å². The van der Waals surface area contributed by atoms with Gasteiger partial charge in [-0.2, -0.15) is 0 Å². The number of rotatable bonds is 1. The normalized spacial score (nSPS) is 49.1. The van der Waals surface area contributed by atoms with Gasteiger partial charge >= 0.3 is 0 Å². The molecule has 0 aromatic carbocycles. The molecule has 0 amide bonds. The molecule has 0 radical (unpaired) electrons. The first-order valence-corrected chi connectivity index (χ1v) is 10.8. The Labute approximate surface area is 168 Å². The first-order valence-electron chi connectivity index (χ1n) is 10.8. The molecular weight excluding hydrogens is 344 g/mol. The van der Waals surface area contributed by atoms with Crippen LogP contribution in [0.5, 0.6) is 0 Å². The van der Waals surface area contributed by atoms with Crippen LogP contribution in [-0.4, -0.2) is 24.1 Å². The van der Waals surface area contributed by atoms with Crippen LogP contribution in [0.3, 0.4) is 0 Å². The van der Waals surface area contributed by atoms with Crippen LogP contribution in [0.25, 0.3) is 0 Å². The van der Waals surface area contributed by atoms with E-state index in [0.717, 1.165) is 18.4 Å². The van der Waals surface area contributed by atoms with Crippen LogP contribution in [0.4, 0.5) is 0 Å². The third-order valence-electron chi connectivity index (χ3n) is 9.33. The molecule has 148 valence electrons. The molecule has 5 rings (SSSR count). The van der Waals surface area contributed by atoms with Crippen molar-refractivity contribution in [1.29, 1.82) is 0 Å². The summed E-state index contributed by atoms with van der Waals surface area (Å²) in [7, 11) is 0. The Kier molecular flexibility index (Phi) is 3.43. The zero-order valence-corrected chi connectivity index (χ0v) is 17.6. The number of ketones is 1. The molecule has 1 saturated carbocycles. The number of hydrogen-bond acceptors (Lipinski definition) is 3. The van der Waals surface area contributed by atoms with E-state index in [0.29, 0.717) is 11.3 Å². The van der Waals surface area contributed by atoms with E-state index in [1.807, 2.05) is 6.92 Å². The predicted octanol–water partition coefficient (Wildman–Crippen LogP) is 4.70. The van der Waals surface area contributed by atoms with Gasteiger partial charge in [-0.25, -0.2) is 0 Å². The molecular formula is C25H32N2O. The number of aliphatic imine (C=N–C) groups is 1. The van der Waals surface area contributed by atoms with Gasteiger partial charge in [-0.15, -0.1) is 0 Å². The summed E-state index contributed by atoms with van der Waals surface area (Å²) < 4.78 is 0. The molecule has 1 spiro atoms. The van der Waals surface area contributed by atoms with E-state index in [1.54, 1.807) is 12.2 Å². The summed E-state index contributed by atoms with van der Waals surface area (Å²) in [6, 6.07) is -0.195. The molecule has 5 aliphatic rings. The summed E-state index contributed by atoms with van der Waals surface area (Å²) in [5.41, 5.74) is 11.9. The molecule has 3 nitrogen and oxygen atoms in total. The van der Waals surface area contributed by atoms with Crippen molar-refractivity contribution in [3.8, 4) is 0 Å². The van der Waals surface area contributed by atoms with Gasteiger partial charge < -0.3 is 5.73 Å². The summed E-state index contributed by atoms with van der Waals surface area (Å²) in [6.07, 6.45) is 14.1. The van der Waals surface area contributed by atoms with Crippen molar-refractivity contribution in [1.82, 2.24) is 0 Å². The molecule has 0 saturated heterocycles. The highest BCUT2D eigenvalue weighted by atomic mass is 16.1. The smallest absolute Gasteiger partial charge is 0.178 e. The zero-order chi connectivity index (χ0) is 20.1. The van der Waals surface area contributed by atoms with Crippen molar-refractivity contribution in [3.63, 3.8) is 0 Å². The van der Waals surface area contributed by atoms with Gasteiger partial charge in [0.15, 0.2) is 5.78 Å². The molecule has 5 aliphatic carbocycles. The van der Waals surface area contributed by atoms with Gasteiger partial charge in [0, 0.05) is 10.8 Å². The number of nitrogens with two attached hydrogens (primary N) is 1. The molecule has 0 aromatic heterocycles. The lowest BCUT2D eigenvalue weighted by atomic mass is 9.48. The van der Waals surface area contributed by atoms with Crippen molar-refractivity contribution < 1.29 is 4.79 Å². The van der Waals surface area contributed by atoms with Gasteiger partial charge in [0.2, 0.25) is 0 Å². The van der Waals surface area contributed by atoms with Crippen LogP contribution < -0.4 is 5.73 Å². The minimum Gasteiger partial charge on any atom is -0.320 e. The Hall–Kier alpha value is -1.74. The highest BCUT2D eigenvalue weighted by Gasteiger charge is 2.65. The fourth-order valence-corrected chi connectivity index (χ4v) is 7.87. The highest BCUT2D eigenvalue weighted by molar-refractivity contribution is 6.02. The Morgan fingerprint density at radius 3 is 2.71 bits per heavy atom. The van der Waals surface area contributed by atoms with E-state index in [9.17, 15) is 4.79 Å². The SMILES string of the molecule is C=NC1C2=C(CCC34C2=CC[C@@]3(C)CC[C@H]4C)C2(C)C=CC(=O)C=C2C1(C)N. The Morgan fingerprint density at radius 1 is 1.25 bits per heavy atom. The van der Waals surface area contributed by atoms with Crippen LogP contribution in [0, 0.1) is 22.2 Å². The molecule has 3 heteroatoms. The van der Waals surface area contributed by atoms with Crippen LogP contribution in [0.15, 0.2) is 51.6 Å². The van der Waals surface area contributed by atoms with Gasteiger partial charge in [-0.1, -0.05) is 31.6 Å². The van der Waals surface area contributed by atoms with Crippen LogP contribution >= 0.6 is 0 Å². The molecule has 4 unspecified atom stereocenters. The summed E-state index contributed by atoms with van der Waals surface area (Å²) in [5, 5.41) is 0. The highest BCUT2D eigenvalue weighted by Crippen LogP contribution is 2.73. The maximum atomic E-state index is 12.2. The molecule has 0 heterocycles. The van der Waals surface area contributed by atoms with Gasteiger partial charge in [0.05, 0.1) is 11.6 Å². The summed E-state index contributed by atoms with van der Waals surface area (Å²) >= 11 is 0. The topological polar surface area (TPSA) is 55.5 Å². The Balaban J connectivity index is 1.80. The van der Waals surface area contributed by atoms with Gasteiger partial charge in [0.25, 0.3) is 0 Å². The van der Waals surface area contributed by atoms with Gasteiger partial charge in [-0.3, -0.25) is 9.79 Å². The standard InChI is InChI=1S/C25H32N2O/c1-15-6-10-22(2)11-8-18-20-17(9-13-25(15,18)22)23(3)12-7-16(28)14-19(23)24(4,26)21(20)27-5/h7-8,12,14-15,21H,5-6,9-11,13,26H2,1-4H3/t15-,21?,22-,23?,24?,25?/m1/s1. The molecule has 0 aliphatic heterocycles. The van der Waals surface area contributed by atoms with Crippen LogP contribution in [0.2, 0.25) is 0 Å². The second kappa shape index (κ2) is 5.24. The van der Waals surface area contributed by atoms with Crippen LogP contribution in [0.1, 0.15) is 59.8 Å². The van der Waals surface area contributed by atoms with Crippen molar-refractivity contribution in [2.75, 3.05) is 0 Å². The van der Waals surface area contributed by atoms with Crippen molar-refractivity contribution in [3.05, 3.63) is 46.6 Å². The number of fused-ring (bicyclic) bond motifs is 3. The molecule has 1 fully saturated rings. The molecule has 6 atom stereocenters. The van der Waals surface area contributed by atoms with E-state index >= 15 is 0 Å². The van der Waals surface area contributed by atoms with E-state index in [2.05, 4.69) is 44.6 Å². The summed E-state index contributed by atoms with van der Waals surface area (Å²) in [6.45, 7) is 13.2. The summed E-state index contributed by atoms with van der Waals surface area (Å²) in [4.78, 5) is 16.8. The van der Waals surface area contributed by atoms with Gasteiger partial charge in [0.1, 0.15) is 0 Å². The zero-order valence-electron chi connectivity index (χ0n) is 17.6. The van der Waals surface area contributed by atoms with Crippen LogP contribution in [-0.2, 0) is 4.79 Å². The maximum Gasteiger partial charge on any atom is 0.178 e. The fraction of sp³-hybridized carbons (Fsp3) is 0.600. The first-order chi connectivity index (χ1) is 13.1. The Bertz CT molecular complexity index is 932. The lowest BCUT2D eigenvalue weighted by molar-refractivity contribution is -0.110. The summed E-state index contributed by atoms with van der Waals surface area (Å²) in [5.74, 6) is 0.711. The second-order valence-electron chi connectivity index (χ2n) is 10.5. The molecule has 0 aromatic rings. The lowest BCUT2D eigenvalue weighted by Crippen LogP contribution is -2.59. The maximum absolute atomic E-state index is 12.2. The fourth-order valence-electron chi connectivity index (χ4n) is 7.87. The lowest BCUT2D eigenvalue weighted by Gasteiger charge is -2.57. The van der Waals surface area contributed by atoms with E-state index < -0.39 is 5.54 Å². The number of allylic oxidation sites excluding steroid dienone is 5. The minimum atomic E-state index is -0.712. The predicted molar refractivity (Wildman–Crippen MR) is 114 cm³/mol. The van der Waals surface area contributed by atoms with Crippen molar-refractivity contribution in [2.24, 2.45) is 32.9 Å². The van der Waals surface area contributed by atoms with Crippen molar-refractivity contribution >= 4 is 12.5 Å². The number of carbonyl (C=O) groups excluding carboxylic acids is 1. The van der Waals surface area contributed by atoms with E-state index in [-0.39, 0.29) is 22.7 Å². The average Bonchev–Trinajstić information content (AvgIpc) is 3.08. The minimum absolute atomic E-state index is 0.0281. The first kappa shape index (κ1) is 18.3. The average molecular weight is 377 g/mol. The quantitative estimate of drug-likeness (QED) is 0.674. The number of carbonyl (C=O) groups is 1.